The number of amides is 1. The Kier molecular flexibility index (Phi) is 4.34. The molecule has 6 heteroatoms. The molecule has 1 amide bonds. The molecule has 0 spiro atoms. The third-order valence-corrected chi connectivity index (χ3v) is 6.13. The first-order valence-electron chi connectivity index (χ1n) is 10.3. The van der Waals surface area contributed by atoms with Crippen LogP contribution < -0.4 is 0 Å². The Morgan fingerprint density at radius 2 is 1.96 bits per heavy atom. The Bertz CT molecular complexity index is 1040. The lowest BCUT2D eigenvalue weighted by molar-refractivity contribution is 0.0705. The molecule has 0 radical (unpaired) electrons. The molecule has 0 N–H and O–H groups in total. The van der Waals surface area contributed by atoms with Gasteiger partial charge in [0.15, 0.2) is 0 Å². The van der Waals surface area contributed by atoms with Crippen LogP contribution in [-0.2, 0) is 12.8 Å². The van der Waals surface area contributed by atoms with Crippen molar-refractivity contribution >= 4 is 11.7 Å². The molecule has 2 aliphatic rings. The van der Waals surface area contributed by atoms with Crippen LogP contribution >= 0.6 is 0 Å². The van der Waals surface area contributed by atoms with Gasteiger partial charge in [-0.15, -0.1) is 0 Å². The second-order valence-electron chi connectivity index (χ2n) is 8.08. The van der Waals surface area contributed by atoms with Gasteiger partial charge in [0.1, 0.15) is 6.33 Å². The Labute approximate surface area is 164 Å². The van der Waals surface area contributed by atoms with Gasteiger partial charge in [0.25, 0.3) is 11.7 Å². The van der Waals surface area contributed by atoms with E-state index in [0.29, 0.717) is 12.3 Å². The van der Waals surface area contributed by atoms with Gasteiger partial charge < -0.3 is 4.90 Å². The predicted octanol–water partition coefficient (Wildman–Crippen LogP) is 3.33. The quantitative estimate of drug-likeness (QED) is 0.689. The topological polar surface area (TPSA) is 63.4 Å². The molecule has 1 aromatic carbocycles. The smallest absolute Gasteiger partial charge is 0.253 e. The van der Waals surface area contributed by atoms with Gasteiger partial charge in [-0.25, -0.2) is 9.50 Å². The van der Waals surface area contributed by atoms with Crippen LogP contribution in [-0.4, -0.2) is 43.5 Å². The van der Waals surface area contributed by atoms with E-state index in [0.717, 1.165) is 49.2 Å². The number of piperidine rings is 1. The zero-order valence-corrected chi connectivity index (χ0v) is 16.3. The fourth-order valence-electron chi connectivity index (χ4n) is 4.70. The second-order valence-corrected chi connectivity index (χ2v) is 8.08. The van der Waals surface area contributed by atoms with Crippen molar-refractivity contribution in [1.82, 2.24) is 24.5 Å². The lowest BCUT2D eigenvalue weighted by Gasteiger charge is -2.33. The number of carbonyl (C=O) groups excluding carboxylic acids is 1. The number of hydrogen-bond donors (Lipinski definition) is 0. The van der Waals surface area contributed by atoms with E-state index >= 15 is 0 Å². The number of carbonyl (C=O) groups is 1. The van der Waals surface area contributed by atoms with Crippen molar-refractivity contribution in [1.29, 1.82) is 0 Å². The fraction of sp³-hybridized carbons (Fsp3) is 0.455. The first-order valence-corrected chi connectivity index (χ1v) is 10.3. The van der Waals surface area contributed by atoms with Crippen molar-refractivity contribution in [3.63, 3.8) is 0 Å². The van der Waals surface area contributed by atoms with Crippen molar-refractivity contribution < 1.29 is 4.79 Å². The largest absolute Gasteiger partial charge is 0.338 e. The normalized spacial score (nSPS) is 19.6. The first kappa shape index (κ1) is 17.3. The van der Waals surface area contributed by atoms with Crippen LogP contribution in [0.15, 0.2) is 30.6 Å². The molecule has 5 rings (SSSR count). The van der Waals surface area contributed by atoms with Gasteiger partial charge in [-0.3, -0.25) is 4.79 Å². The van der Waals surface area contributed by atoms with Crippen LogP contribution in [0.5, 0.6) is 0 Å². The van der Waals surface area contributed by atoms with E-state index in [4.69, 9.17) is 0 Å². The summed E-state index contributed by atoms with van der Waals surface area (Å²) in [6, 6.07) is 8.39. The Balaban J connectivity index is 1.41. The van der Waals surface area contributed by atoms with Crippen LogP contribution in [0.1, 0.15) is 64.5 Å². The summed E-state index contributed by atoms with van der Waals surface area (Å²) in [5, 5.41) is 4.35. The fourth-order valence-corrected chi connectivity index (χ4v) is 4.70. The highest BCUT2D eigenvalue weighted by atomic mass is 16.2. The summed E-state index contributed by atoms with van der Waals surface area (Å²) < 4.78 is 1.82. The molecule has 28 heavy (non-hydrogen) atoms. The molecule has 1 aliphatic heterocycles. The van der Waals surface area contributed by atoms with Crippen LogP contribution in [0.2, 0.25) is 0 Å². The molecular weight excluding hydrogens is 350 g/mol. The van der Waals surface area contributed by atoms with E-state index in [1.54, 1.807) is 6.33 Å². The van der Waals surface area contributed by atoms with E-state index in [-0.39, 0.29) is 11.8 Å². The average molecular weight is 375 g/mol. The number of aryl methyl sites for hydroxylation is 3. The molecule has 144 valence electrons. The zero-order chi connectivity index (χ0) is 19.1. The van der Waals surface area contributed by atoms with Crippen LogP contribution in [0, 0.1) is 6.92 Å². The minimum Gasteiger partial charge on any atom is -0.338 e. The summed E-state index contributed by atoms with van der Waals surface area (Å²) in [5.74, 6) is 1.04. The van der Waals surface area contributed by atoms with Crippen molar-refractivity contribution in [2.24, 2.45) is 0 Å². The molecule has 1 unspecified atom stereocenters. The molecule has 1 saturated heterocycles. The van der Waals surface area contributed by atoms with E-state index in [2.05, 4.69) is 33.3 Å². The van der Waals surface area contributed by atoms with Gasteiger partial charge in [-0.2, -0.15) is 10.1 Å². The minimum absolute atomic E-state index is 0.152. The number of rotatable bonds is 2. The highest BCUT2D eigenvalue weighted by Crippen LogP contribution is 2.29. The first-order chi connectivity index (χ1) is 13.7. The maximum absolute atomic E-state index is 13.2. The van der Waals surface area contributed by atoms with Gasteiger partial charge in [-0.05, 0) is 74.8 Å². The predicted molar refractivity (Wildman–Crippen MR) is 106 cm³/mol. The third-order valence-electron chi connectivity index (χ3n) is 6.13. The molecule has 0 saturated carbocycles. The molecule has 3 heterocycles. The maximum atomic E-state index is 13.2. The van der Waals surface area contributed by atoms with Crippen molar-refractivity contribution in [3.05, 3.63) is 58.7 Å². The molecule has 6 nitrogen and oxygen atoms in total. The summed E-state index contributed by atoms with van der Waals surface area (Å²) in [4.78, 5) is 23.9. The van der Waals surface area contributed by atoms with Crippen molar-refractivity contribution in [3.8, 4) is 0 Å². The van der Waals surface area contributed by atoms with Crippen molar-refractivity contribution in [2.45, 2.75) is 51.4 Å². The molecule has 1 fully saturated rings. The SMILES string of the molecule is Cc1cc(C2CCCN(C(=O)c3ccc4c(c3)CCCC4)C2)n2ncnc2n1. The third kappa shape index (κ3) is 3.07. The lowest BCUT2D eigenvalue weighted by atomic mass is 9.89. The van der Waals surface area contributed by atoms with Gasteiger partial charge in [0.2, 0.25) is 0 Å². The summed E-state index contributed by atoms with van der Waals surface area (Å²) in [6.45, 7) is 3.52. The van der Waals surface area contributed by atoms with Gasteiger partial charge in [-0.1, -0.05) is 6.07 Å². The van der Waals surface area contributed by atoms with E-state index < -0.39 is 0 Å². The Morgan fingerprint density at radius 1 is 1.11 bits per heavy atom. The van der Waals surface area contributed by atoms with E-state index in [9.17, 15) is 4.79 Å². The number of nitrogens with zero attached hydrogens (tertiary/aromatic N) is 5. The average Bonchev–Trinajstić information content (AvgIpc) is 3.20. The summed E-state index contributed by atoms with van der Waals surface area (Å²) >= 11 is 0. The molecule has 0 bridgehead atoms. The minimum atomic E-state index is 0.152. The standard InChI is InChI=1S/C22H25N5O/c1-15-11-20(27-22(25-15)23-14-24-27)19-7-4-10-26(13-19)21(28)18-9-8-16-5-2-3-6-17(16)12-18/h8-9,11-12,14,19H,2-7,10,13H2,1H3. The Morgan fingerprint density at radius 3 is 2.86 bits per heavy atom. The molecule has 2 aromatic heterocycles. The monoisotopic (exact) mass is 375 g/mol. The number of hydrogen-bond acceptors (Lipinski definition) is 4. The van der Waals surface area contributed by atoms with E-state index in [1.807, 2.05) is 22.4 Å². The summed E-state index contributed by atoms with van der Waals surface area (Å²) in [7, 11) is 0. The highest BCUT2D eigenvalue weighted by molar-refractivity contribution is 5.94. The van der Waals surface area contributed by atoms with Gasteiger partial charge in [0, 0.05) is 30.3 Å². The van der Waals surface area contributed by atoms with Crippen molar-refractivity contribution in [2.75, 3.05) is 13.1 Å². The van der Waals surface area contributed by atoms with Crippen LogP contribution in [0.3, 0.4) is 0 Å². The number of benzene rings is 1. The number of aromatic nitrogens is 4. The van der Waals surface area contributed by atoms with E-state index in [1.165, 1.54) is 24.0 Å². The van der Waals surface area contributed by atoms with Crippen LogP contribution in [0.25, 0.3) is 5.78 Å². The highest BCUT2D eigenvalue weighted by Gasteiger charge is 2.28. The van der Waals surface area contributed by atoms with Gasteiger partial charge >= 0.3 is 0 Å². The molecule has 3 aromatic rings. The zero-order valence-electron chi connectivity index (χ0n) is 16.3. The number of likely N-dealkylation sites (tertiary alicyclic amines) is 1. The molecule has 1 atom stereocenters. The summed E-state index contributed by atoms with van der Waals surface area (Å²) in [5.41, 5.74) is 5.65. The lowest BCUT2D eigenvalue weighted by Crippen LogP contribution is -2.39. The Hall–Kier alpha value is -2.76. The second kappa shape index (κ2) is 7.00. The maximum Gasteiger partial charge on any atom is 0.253 e. The number of fused-ring (bicyclic) bond motifs is 2. The van der Waals surface area contributed by atoms with Crippen LogP contribution in [0.4, 0.5) is 0 Å². The summed E-state index contributed by atoms with van der Waals surface area (Å²) in [6.07, 6.45) is 8.32. The van der Waals surface area contributed by atoms with Gasteiger partial charge in [0.05, 0.1) is 5.69 Å². The molecule has 1 aliphatic carbocycles. The molecular formula is C22H25N5O.